The molecule has 0 radical (unpaired) electrons. The minimum Gasteiger partial charge on any atom is -0.494 e. The van der Waals surface area contributed by atoms with Gasteiger partial charge in [-0.25, -0.2) is 4.98 Å². The number of carbonyl (C=O) groups excluding carboxylic acids is 1. The number of carbonyl (C=O) groups is 1. The Labute approximate surface area is 204 Å². The van der Waals surface area contributed by atoms with Crippen molar-refractivity contribution in [1.29, 1.82) is 0 Å². The Hall–Kier alpha value is -3.76. The topological polar surface area (TPSA) is 94.8 Å². The van der Waals surface area contributed by atoms with Crippen molar-refractivity contribution in [3.8, 4) is 22.8 Å². The Bertz CT molecular complexity index is 1420. The van der Waals surface area contributed by atoms with Gasteiger partial charge in [0, 0.05) is 23.6 Å². The van der Waals surface area contributed by atoms with Gasteiger partial charge in [0.05, 0.1) is 22.6 Å². The predicted octanol–water partition coefficient (Wildman–Crippen LogP) is 5.07. The van der Waals surface area contributed by atoms with Crippen LogP contribution in [0.4, 0.5) is 5.13 Å². The average molecular weight is 489 g/mol. The maximum atomic E-state index is 12.7. The van der Waals surface area contributed by atoms with E-state index in [-0.39, 0.29) is 11.7 Å². The summed E-state index contributed by atoms with van der Waals surface area (Å²) < 4.78 is 8.45. The molecule has 1 N–H and O–H groups in total. The Morgan fingerprint density at radius 3 is 2.71 bits per heavy atom. The number of hydrogen-bond donors (Lipinski definition) is 1. The van der Waals surface area contributed by atoms with Crippen molar-refractivity contribution in [2.45, 2.75) is 12.1 Å². The van der Waals surface area contributed by atoms with Gasteiger partial charge in [0.2, 0.25) is 5.91 Å². The van der Waals surface area contributed by atoms with Gasteiger partial charge >= 0.3 is 0 Å². The van der Waals surface area contributed by atoms with Crippen LogP contribution in [0.2, 0.25) is 0 Å². The first-order valence-electron chi connectivity index (χ1n) is 10.6. The molecule has 0 unspecified atom stereocenters. The number of benzene rings is 2. The number of thioether (sulfide) groups is 1. The summed E-state index contributed by atoms with van der Waals surface area (Å²) in [6.45, 7) is 2.54. The van der Waals surface area contributed by atoms with Crippen LogP contribution in [0.3, 0.4) is 0 Å². The molecule has 0 fully saturated rings. The number of nitrogens with zero attached hydrogens (tertiary/aromatic N) is 5. The van der Waals surface area contributed by atoms with Crippen molar-refractivity contribution in [3.63, 3.8) is 0 Å². The summed E-state index contributed by atoms with van der Waals surface area (Å²) >= 11 is 2.74. The Kier molecular flexibility index (Phi) is 6.50. The fourth-order valence-electron chi connectivity index (χ4n) is 3.36. The summed E-state index contributed by atoms with van der Waals surface area (Å²) in [5, 5.41) is 12.8. The Balaban J connectivity index is 1.33. The zero-order chi connectivity index (χ0) is 23.3. The molecule has 0 saturated heterocycles. The second kappa shape index (κ2) is 10.0. The monoisotopic (exact) mass is 488 g/mol. The summed E-state index contributed by atoms with van der Waals surface area (Å²) in [4.78, 5) is 21.3. The molecule has 0 aliphatic rings. The quantitative estimate of drug-likeness (QED) is 0.305. The molecule has 0 aliphatic carbocycles. The molecule has 34 heavy (non-hydrogen) atoms. The van der Waals surface area contributed by atoms with E-state index in [1.807, 2.05) is 72.2 Å². The molecule has 0 atom stereocenters. The van der Waals surface area contributed by atoms with Crippen LogP contribution < -0.4 is 10.1 Å². The molecule has 0 aliphatic heterocycles. The number of ether oxygens (including phenoxy) is 1. The number of rotatable bonds is 8. The van der Waals surface area contributed by atoms with Crippen LogP contribution in [0, 0.1) is 0 Å². The summed E-state index contributed by atoms with van der Waals surface area (Å²) in [5.41, 5.74) is 2.63. The van der Waals surface area contributed by atoms with E-state index in [0.29, 0.717) is 22.7 Å². The van der Waals surface area contributed by atoms with Crippen LogP contribution >= 0.6 is 23.1 Å². The van der Waals surface area contributed by atoms with Gasteiger partial charge in [-0.2, -0.15) is 0 Å². The fourth-order valence-corrected chi connectivity index (χ4v) is 5.02. The molecule has 0 spiro atoms. The lowest BCUT2D eigenvalue weighted by atomic mass is 10.2. The van der Waals surface area contributed by atoms with Crippen molar-refractivity contribution < 1.29 is 9.53 Å². The second-order valence-corrected chi connectivity index (χ2v) is 9.10. The molecule has 3 aromatic heterocycles. The third-order valence-electron chi connectivity index (χ3n) is 4.84. The first-order chi connectivity index (χ1) is 16.7. The number of para-hydroxylation sites is 1. The Morgan fingerprint density at radius 2 is 1.91 bits per heavy atom. The zero-order valence-electron chi connectivity index (χ0n) is 18.2. The molecule has 2 aromatic carbocycles. The first-order valence-corrected chi connectivity index (χ1v) is 12.4. The molecule has 5 rings (SSSR count). The van der Waals surface area contributed by atoms with Gasteiger partial charge in [-0.1, -0.05) is 41.3 Å². The van der Waals surface area contributed by atoms with E-state index >= 15 is 0 Å². The maximum Gasteiger partial charge on any atom is 0.236 e. The zero-order valence-corrected chi connectivity index (χ0v) is 19.8. The first kappa shape index (κ1) is 22.1. The average Bonchev–Trinajstić information content (AvgIpc) is 3.47. The van der Waals surface area contributed by atoms with Gasteiger partial charge in [0.25, 0.3) is 0 Å². The summed E-state index contributed by atoms with van der Waals surface area (Å²) in [5.74, 6) is 1.48. The number of thiazole rings is 1. The highest BCUT2D eigenvalue weighted by atomic mass is 32.2. The van der Waals surface area contributed by atoms with Crippen LogP contribution in [0.5, 0.6) is 5.75 Å². The molecule has 0 bridgehead atoms. The van der Waals surface area contributed by atoms with E-state index in [1.165, 1.54) is 23.1 Å². The number of nitrogens with one attached hydrogen (secondary N) is 1. The van der Waals surface area contributed by atoms with E-state index in [9.17, 15) is 4.79 Å². The molecule has 1 amide bonds. The number of anilines is 1. The fraction of sp³-hybridized carbons (Fsp3) is 0.125. The largest absolute Gasteiger partial charge is 0.494 e. The van der Waals surface area contributed by atoms with Gasteiger partial charge < -0.3 is 10.1 Å². The van der Waals surface area contributed by atoms with E-state index in [4.69, 9.17) is 4.74 Å². The Morgan fingerprint density at radius 1 is 1.09 bits per heavy atom. The lowest BCUT2D eigenvalue weighted by Crippen LogP contribution is -2.14. The molecule has 8 nitrogen and oxygen atoms in total. The molecule has 0 saturated carbocycles. The number of pyridine rings is 1. The van der Waals surface area contributed by atoms with Gasteiger partial charge in [-0.05, 0) is 49.4 Å². The standard InChI is InChI=1S/C24H20N6O2S2/c1-2-32-18-8-9-19-20(14-18)34-23(26-19)27-21(31)15-33-24-29-28-22(16-10-12-25-13-11-16)30(24)17-6-4-3-5-7-17/h3-14H,2,15H2,1H3,(H,26,27,31). The lowest BCUT2D eigenvalue weighted by Gasteiger charge is -2.10. The van der Waals surface area contributed by atoms with E-state index in [0.717, 1.165) is 27.2 Å². The van der Waals surface area contributed by atoms with Crippen LogP contribution in [0.25, 0.3) is 27.3 Å². The van der Waals surface area contributed by atoms with Crippen LogP contribution in [-0.2, 0) is 4.79 Å². The van der Waals surface area contributed by atoms with Crippen molar-refractivity contribution in [2.75, 3.05) is 17.7 Å². The molecule has 170 valence electrons. The second-order valence-electron chi connectivity index (χ2n) is 7.13. The summed E-state index contributed by atoms with van der Waals surface area (Å²) in [6.07, 6.45) is 3.43. The normalized spacial score (nSPS) is 11.0. The molecular formula is C24H20N6O2S2. The van der Waals surface area contributed by atoms with E-state index in [1.54, 1.807) is 12.4 Å². The molecule has 10 heteroatoms. The molecule has 3 heterocycles. The van der Waals surface area contributed by atoms with Crippen molar-refractivity contribution in [1.82, 2.24) is 24.7 Å². The lowest BCUT2D eigenvalue weighted by molar-refractivity contribution is -0.113. The van der Waals surface area contributed by atoms with Crippen molar-refractivity contribution in [2.24, 2.45) is 0 Å². The van der Waals surface area contributed by atoms with Gasteiger partial charge in [0.15, 0.2) is 16.1 Å². The van der Waals surface area contributed by atoms with Gasteiger partial charge in [0.1, 0.15) is 5.75 Å². The molecule has 5 aromatic rings. The summed E-state index contributed by atoms with van der Waals surface area (Å²) in [6, 6.07) is 19.3. The van der Waals surface area contributed by atoms with Crippen molar-refractivity contribution in [3.05, 3.63) is 73.1 Å². The third kappa shape index (κ3) is 4.78. The maximum absolute atomic E-state index is 12.7. The van der Waals surface area contributed by atoms with Crippen LogP contribution in [-0.4, -0.2) is 43.0 Å². The number of fused-ring (bicyclic) bond motifs is 1. The smallest absolute Gasteiger partial charge is 0.236 e. The van der Waals surface area contributed by atoms with E-state index in [2.05, 4.69) is 25.5 Å². The third-order valence-corrected chi connectivity index (χ3v) is 6.70. The highest BCUT2D eigenvalue weighted by Crippen LogP contribution is 2.30. The van der Waals surface area contributed by atoms with Gasteiger partial charge in [-0.15, -0.1) is 10.2 Å². The molecular weight excluding hydrogens is 468 g/mol. The van der Waals surface area contributed by atoms with Crippen LogP contribution in [0.15, 0.2) is 78.2 Å². The van der Waals surface area contributed by atoms with Crippen LogP contribution in [0.1, 0.15) is 6.92 Å². The highest BCUT2D eigenvalue weighted by molar-refractivity contribution is 7.99. The minimum atomic E-state index is -0.165. The van der Waals surface area contributed by atoms with E-state index < -0.39 is 0 Å². The highest BCUT2D eigenvalue weighted by Gasteiger charge is 2.18. The summed E-state index contributed by atoms with van der Waals surface area (Å²) in [7, 11) is 0. The van der Waals surface area contributed by atoms with Crippen molar-refractivity contribution >= 4 is 44.4 Å². The number of aromatic nitrogens is 5. The van der Waals surface area contributed by atoms with Gasteiger partial charge in [-0.3, -0.25) is 14.3 Å². The minimum absolute atomic E-state index is 0.165. The number of hydrogen-bond acceptors (Lipinski definition) is 8. The number of amides is 1. The SMILES string of the molecule is CCOc1ccc2nc(NC(=O)CSc3nnc(-c4ccncc4)n3-c3ccccc3)sc2c1. The predicted molar refractivity (Wildman–Crippen MR) is 135 cm³/mol.